The Morgan fingerprint density at radius 3 is 2.33 bits per heavy atom. The van der Waals surface area contributed by atoms with Gasteiger partial charge < -0.3 is 10.3 Å². The van der Waals surface area contributed by atoms with Crippen molar-refractivity contribution in [3.8, 4) is 0 Å². The molecule has 0 aromatic carbocycles. The Kier molecular flexibility index (Phi) is 3.57. The van der Waals surface area contributed by atoms with E-state index in [2.05, 4.69) is 4.98 Å². The van der Waals surface area contributed by atoms with Crippen LogP contribution >= 0.6 is 0 Å². The lowest BCUT2D eigenvalue weighted by molar-refractivity contribution is 0.434. The van der Waals surface area contributed by atoms with Crippen LogP contribution in [0.5, 0.6) is 0 Å². The maximum absolute atomic E-state index is 12.5. The molecule has 0 saturated carbocycles. The van der Waals surface area contributed by atoms with Crippen molar-refractivity contribution in [2.75, 3.05) is 0 Å². The van der Waals surface area contributed by atoms with Gasteiger partial charge in [0.15, 0.2) is 11.2 Å². The first-order valence-corrected chi connectivity index (χ1v) is 7.02. The molecule has 2 heterocycles. The van der Waals surface area contributed by atoms with Crippen LogP contribution in [0.2, 0.25) is 0 Å². The minimum Gasteiger partial charge on any atom is -0.324 e. The van der Waals surface area contributed by atoms with Crippen molar-refractivity contribution >= 4 is 11.2 Å². The van der Waals surface area contributed by atoms with E-state index in [4.69, 9.17) is 5.73 Å². The van der Waals surface area contributed by atoms with E-state index >= 15 is 0 Å². The molecule has 21 heavy (non-hydrogen) atoms. The first kappa shape index (κ1) is 15.5. The molecule has 0 spiro atoms. The van der Waals surface area contributed by atoms with Crippen molar-refractivity contribution in [2.45, 2.75) is 52.7 Å². The van der Waals surface area contributed by atoms with Gasteiger partial charge in [0, 0.05) is 25.2 Å². The van der Waals surface area contributed by atoms with Crippen molar-refractivity contribution in [1.29, 1.82) is 0 Å². The van der Waals surface area contributed by atoms with Crippen LogP contribution in [0.3, 0.4) is 0 Å². The summed E-state index contributed by atoms with van der Waals surface area (Å²) in [6, 6.07) is -0.0829. The molecule has 7 heteroatoms. The molecule has 2 aromatic heterocycles. The van der Waals surface area contributed by atoms with Crippen LogP contribution in [0.4, 0.5) is 0 Å². The number of fused-ring (bicyclic) bond motifs is 1. The van der Waals surface area contributed by atoms with E-state index in [9.17, 15) is 9.59 Å². The molecule has 0 radical (unpaired) electrons. The summed E-state index contributed by atoms with van der Waals surface area (Å²) in [5, 5.41) is 0. The van der Waals surface area contributed by atoms with Crippen LogP contribution in [0, 0.1) is 6.92 Å². The summed E-state index contributed by atoms with van der Waals surface area (Å²) < 4.78 is 4.48. The van der Waals surface area contributed by atoms with Crippen molar-refractivity contribution < 1.29 is 0 Å². The van der Waals surface area contributed by atoms with Gasteiger partial charge in [-0.2, -0.15) is 0 Å². The summed E-state index contributed by atoms with van der Waals surface area (Å²) in [5.41, 5.74) is 5.77. The highest BCUT2D eigenvalue weighted by Gasteiger charge is 2.22. The van der Waals surface area contributed by atoms with Crippen molar-refractivity contribution in [3.05, 3.63) is 26.7 Å². The van der Waals surface area contributed by atoms with Gasteiger partial charge >= 0.3 is 5.69 Å². The Morgan fingerprint density at radius 2 is 1.86 bits per heavy atom. The highest BCUT2D eigenvalue weighted by Crippen LogP contribution is 2.16. The summed E-state index contributed by atoms with van der Waals surface area (Å²) in [4.78, 5) is 29.2. The maximum Gasteiger partial charge on any atom is 0.332 e. The van der Waals surface area contributed by atoms with Crippen LogP contribution in [-0.2, 0) is 13.6 Å². The highest BCUT2D eigenvalue weighted by molar-refractivity contribution is 5.71. The van der Waals surface area contributed by atoms with E-state index in [0.717, 1.165) is 4.57 Å². The molecule has 116 valence electrons. The molecule has 2 N–H and O–H groups in total. The fourth-order valence-corrected chi connectivity index (χ4v) is 2.49. The van der Waals surface area contributed by atoms with Gasteiger partial charge in [0.05, 0.1) is 0 Å². The molecule has 0 aliphatic rings. The van der Waals surface area contributed by atoms with Crippen LogP contribution in [0.15, 0.2) is 9.59 Å². The number of nitrogens with zero attached hydrogens (tertiary/aromatic N) is 4. The lowest BCUT2D eigenvalue weighted by atomic mass is 10.1. The fourth-order valence-electron chi connectivity index (χ4n) is 2.49. The number of hydrogen-bond donors (Lipinski definition) is 1. The third kappa shape index (κ3) is 2.53. The van der Waals surface area contributed by atoms with Crippen LogP contribution < -0.4 is 17.0 Å². The van der Waals surface area contributed by atoms with Gasteiger partial charge in [-0.05, 0) is 34.6 Å². The second-order valence-electron chi connectivity index (χ2n) is 6.52. The van der Waals surface area contributed by atoms with Crippen molar-refractivity contribution in [3.63, 3.8) is 0 Å². The summed E-state index contributed by atoms with van der Waals surface area (Å²) in [6.45, 7) is 9.85. The lowest BCUT2D eigenvalue weighted by Crippen LogP contribution is -2.41. The molecular weight excluding hydrogens is 270 g/mol. The molecule has 0 unspecified atom stereocenters. The molecule has 0 bridgehead atoms. The minimum absolute atomic E-state index is 0.0829. The Labute approximate surface area is 123 Å². The first-order valence-electron chi connectivity index (χ1n) is 7.02. The molecule has 7 nitrogen and oxygen atoms in total. The molecule has 2 rings (SSSR count). The van der Waals surface area contributed by atoms with E-state index in [1.54, 1.807) is 9.13 Å². The second kappa shape index (κ2) is 4.84. The molecule has 0 amide bonds. The standard InChI is InChI=1S/C14H23N5O2/c1-8(2)19-11-10(12(20)17(6)13(19)21)18(9(3)16-11)7-14(4,5)15/h8H,7,15H2,1-6H3. The maximum atomic E-state index is 12.5. The third-order valence-corrected chi connectivity index (χ3v) is 3.45. The zero-order valence-electron chi connectivity index (χ0n) is 13.5. The zero-order valence-corrected chi connectivity index (χ0v) is 13.5. The smallest absolute Gasteiger partial charge is 0.324 e. The number of rotatable bonds is 3. The summed E-state index contributed by atoms with van der Waals surface area (Å²) >= 11 is 0. The number of nitrogens with two attached hydrogens (primary N) is 1. The SMILES string of the molecule is Cc1nc2c(c(=O)n(C)c(=O)n2C(C)C)n1CC(C)(C)N. The zero-order chi connectivity index (χ0) is 16.1. The fraction of sp³-hybridized carbons (Fsp3) is 0.643. The number of imidazole rings is 1. The average Bonchev–Trinajstić information content (AvgIpc) is 2.61. The van der Waals surface area contributed by atoms with Gasteiger partial charge in [0.1, 0.15) is 5.82 Å². The number of aromatic nitrogens is 4. The Morgan fingerprint density at radius 1 is 1.29 bits per heavy atom. The number of hydrogen-bond acceptors (Lipinski definition) is 4. The lowest BCUT2D eigenvalue weighted by Gasteiger charge is -2.20. The van der Waals surface area contributed by atoms with E-state index in [-0.39, 0.29) is 17.3 Å². The molecule has 0 atom stereocenters. The van der Waals surface area contributed by atoms with Gasteiger partial charge in [0.25, 0.3) is 5.56 Å². The second-order valence-corrected chi connectivity index (χ2v) is 6.52. The van der Waals surface area contributed by atoms with E-state index in [0.29, 0.717) is 23.5 Å². The highest BCUT2D eigenvalue weighted by atomic mass is 16.2. The average molecular weight is 293 g/mol. The topological polar surface area (TPSA) is 87.8 Å². The minimum atomic E-state index is -0.484. The van der Waals surface area contributed by atoms with Gasteiger partial charge in [-0.15, -0.1) is 0 Å². The molecule has 0 aliphatic carbocycles. The Hall–Kier alpha value is -1.89. The predicted molar refractivity (Wildman–Crippen MR) is 82.6 cm³/mol. The van der Waals surface area contributed by atoms with Gasteiger partial charge in [-0.3, -0.25) is 13.9 Å². The monoisotopic (exact) mass is 293 g/mol. The van der Waals surface area contributed by atoms with Gasteiger partial charge in [0.2, 0.25) is 0 Å². The Balaban J connectivity index is 2.96. The van der Waals surface area contributed by atoms with Gasteiger partial charge in [-0.1, -0.05) is 0 Å². The summed E-state index contributed by atoms with van der Waals surface area (Å²) in [6.07, 6.45) is 0. The number of aryl methyl sites for hydroxylation is 1. The van der Waals surface area contributed by atoms with Crippen LogP contribution in [-0.4, -0.2) is 24.2 Å². The summed E-state index contributed by atoms with van der Waals surface area (Å²) in [7, 11) is 1.49. The molecule has 0 fully saturated rings. The van der Waals surface area contributed by atoms with Crippen molar-refractivity contribution in [1.82, 2.24) is 18.7 Å². The van der Waals surface area contributed by atoms with E-state index in [1.807, 2.05) is 34.6 Å². The third-order valence-electron chi connectivity index (χ3n) is 3.45. The molecular formula is C14H23N5O2. The molecule has 0 aliphatic heterocycles. The van der Waals surface area contributed by atoms with E-state index in [1.165, 1.54) is 7.05 Å². The van der Waals surface area contributed by atoms with Crippen molar-refractivity contribution in [2.24, 2.45) is 12.8 Å². The van der Waals surface area contributed by atoms with Crippen LogP contribution in [0.1, 0.15) is 39.6 Å². The van der Waals surface area contributed by atoms with Crippen LogP contribution in [0.25, 0.3) is 11.2 Å². The normalized spacial score (nSPS) is 12.6. The predicted octanol–water partition coefficient (Wildman–Crippen LogP) is 0.523. The summed E-state index contributed by atoms with van der Waals surface area (Å²) in [5.74, 6) is 0.681. The first-order chi connectivity index (χ1) is 9.54. The van der Waals surface area contributed by atoms with E-state index < -0.39 is 5.54 Å². The largest absolute Gasteiger partial charge is 0.332 e. The molecule has 2 aromatic rings. The van der Waals surface area contributed by atoms with Gasteiger partial charge in [-0.25, -0.2) is 9.78 Å². The Bertz CT molecular complexity index is 802. The molecule has 0 saturated heterocycles. The quantitative estimate of drug-likeness (QED) is 0.894.